The molecule has 8 heteroatoms. The molecule has 1 aromatic heterocycles. The Bertz CT molecular complexity index is 1090. The maximum atomic E-state index is 12.9. The van der Waals surface area contributed by atoms with Gasteiger partial charge in [0.25, 0.3) is 0 Å². The Morgan fingerprint density at radius 2 is 1.68 bits per heavy atom. The fraction of sp³-hybridized carbons (Fsp3) is 0.250. The molecule has 0 saturated carbocycles. The zero-order valence-electron chi connectivity index (χ0n) is 14.9. The molecule has 2 heterocycles. The molecule has 1 saturated heterocycles. The first-order valence-electron chi connectivity index (χ1n) is 8.89. The number of sulfone groups is 1. The van der Waals surface area contributed by atoms with Gasteiger partial charge >= 0.3 is 0 Å². The van der Waals surface area contributed by atoms with E-state index in [4.69, 9.17) is 4.98 Å². The standard InChI is InChI=1S/C20H18Br2N2O2S2/c21-15-4-1-3-14(11-15)19-13-27-20(23-19)24-9-7-17(8-10-24)28(25,26)18-6-2-5-16(22)12-18/h1-6,11-13,17H,7-10H2. The lowest BCUT2D eigenvalue weighted by Gasteiger charge is -2.31. The van der Waals surface area contributed by atoms with Crippen molar-refractivity contribution in [3.8, 4) is 11.3 Å². The average molecular weight is 542 g/mol. The topological polar surface area (TPSA) is 50.3 Å². The van der Waals surface area contributed by atoms with Crippen molar-refractivity contribution in [2.24, 2.45) is 0 Å². The smallest absolute Gasteiger partial charge is 0.185 e. The molecule has 1 aliphatic heterocycles. The van der Waals surface area contributed by atoms with Gasteiger partial charge in [-0.2, -0.15) is 0 Å². The minimum atomic E-state index is -3.31. The molecule has 1 fully saturated rings. The van der Waals surface area contributed by atoms with E-state index in [1.165, 1.54) is 0 Å². The van der Waals surface area contributed by atoms with Crippen LogP contribution in [-0.4, -0.2) is 31.7 Å². The number of hydrogen-bond acceptors (Lipinski definition) is 5. The van der Waals surface area contributed by atoms with Gasteiger partial charge in [0, 0.05) is 33.0 Å². The van der Waals surface area contributed by atoms with Crippen LogP contribution in [0.5, 0.6) is 0 Å². The molecule has 4 rings (SSSR count). The molecule has 0 radical (unpaired) electrons. The van der Waals surface area contributed by atoms with Crippen LogP contribution in [0.25, 0.3) is 11.3 Å². The highest BCUT2D eigenvalue weighted by molar-refractivity contribution is 9.10. The van der Waals surface area contributed by atoms with Crippen molar-refractivity contribution in [3.05, 3.63) is 62.9 Å². The van der Waals surface area contributed by atoms with Gasteiger partial charge in [-0.3, -0.25) is 0 Å². The lowest BCUT2D eigenvalue weighted by atomic mass is 10.1. The number of rotatable bonds is 4. The van der Waals surface area contributed by atoms with Gasteiger partial charge in [-0.15, -0.1) is 11.3 Å². The van der Waals surface area contributed by atoms with E-state index in [2.05, 4.69) is 48.2 Å². The van der Waals surface area contributed by atoms with E-state index in [0.717, 1.165) is 25.3 Å². The molecule has 0 aliphatic carbocycles. The maximum Gasteiger partial charge on any atom is 0.185 e. The number of piperidine rings is 1. The van der Waals surface area contributed by atoms with Gasteiger partial charge in [0.15, 0.2) is 15.0 Å². The van der Waals surface area contributed by atoms with Gasteiger partial charge in [0.05, 0.1) is 15.8 Å². The van der Waals surface area contributed by atoms with Crippen LogP contribution in [-0.2, 0) is 9.84 Å². The molecule has 0 N–H and O–H groups in total. The van der Waals surface area contributed by atoms with Gasteiger partial charge in [0.2, 0.25) is 0 Å². The molecule has 0 amide bonds. The molecule has 28 heavy (non-hydrogen) atoms. The Kier molecular flexibility index (Phi) is 5.92. The number of nitrogens with zero attached hydrogens (tertiary/aromatic N) is 2. The average Bonchev–Trinajstić information content (AvgIpc) is 3.18. The highest BCUT2D eigenvalue weighted by Gasteiger charge is 2.32. The SMILES string of the molecule is O=S(=O)(c1cccc(Br)c1)C1CCN(c2nc(-c3cccc(Br)c3)cs2)CC1. The second-order valence-electron chi connectivity index (χ2n) is 6.71. The summed E-state index contributed by atoms with van der Waals surface area (Å²) >= 11 is 8.47. The number of aromatic nitrogens is 1. The van der Waals surface area contributed by atoms with Crippen molar-refractivity contribution < 1.29 is 8.42 Å². The number of anilines is 1. The third-order valence-corrected chi connectivity index (χ3v) is 9.04. The minimum absolute atomic E-state index is 0.345. The van der Waals surface area contributed by atoms with Crippen molar-refractivity contribution in [1.82, 2.24) is 4.98 Å². The van der Waals surface area contributed by atoms with E-state index in [-0.39, 0.29) is 5.25 Å². The summed E-state index contributed by atoms with van der Waals surface area (Å²) in [4.78, 5) is 7.36. The highest BCUT2D eigenvalue weighted by atomic mass is 79.9. The van der Waals surface area contributed by atoms with E-state index in [1.54, 1.807) is 29.5 Å². The van der Waals surface area contributed by atoms with Gasteiger partial charge in [-0.05, 0) is 43.2 Å². The summed E-state index contributed by atoms with van der Waals surface area (Å²) in [6.45, 7) is 1.40. The summed E-state index contributed by atoms with van der Waals surface area (Å²) in [7, 11) is -3.31. The largest absolute Gasteiger partial charge is 0.348 e. The quantitative estimate of drug-likeness (QED) is 0.420. The van der Waals surface area contributed by atoms with E-state index in [1.807, 2.05) is 24.3 Å². The first-order valence-corrected chi connectivity index (χ1v) is 12.9. The molecule has 1 aliphatic rings. The minimum Gasteiger partial charge on any atom is -0.348 e. The highest BCUT2D eigenvalue weighted by Crippen LogP contribution is 2.32. The fourth-order valence-corrected chi connectivity index (χ4v) is 7.00. The molecule has 0 bridgehead atoms. The second kappa shape index (κ2) is 8.26. The Balaban J connectivity index is 1.46. The Hall–Kier alpha value is -1.22. The van der Waals surface area contributed by atoms with Crippen LogP contribution in [0.4, 0.5) is 5.13 Å². The number of benzene rings is 2. The van der Waals surface area contributed by atoms with Crippen LogP contribution in [0.15, 0.2) is 67.8 Å². The Morgan fingerprint density at radius 3 is 2.36 bits per heavy atom. The van der Waals surface area contributed by atoms with E-state index in [0.29, 0.717) is 30.8 Å². The van der Waals surface area contributed by atoms with Crippen molar-refractivity contribution in [2.75, 3.05) is 18.0 Å². The summed E-state index contributed by atoms with van der Waals surface area (Å²) in [5.41, 5.74) is 2.02. The number of halogens is 2. The summed E-state index contributed by atoms with van der Waals surface area (Å²) in [5.74, 6) is 0. The molecule has 4 nitrogen and oxygen atoms in total. The van der Waals surface area contributed by atoms with Crippen molar-refractivity contribution >= 4 is 58.2 Å². The lowest BCUT2D eigenvalue weighted by Crippen LogP contribution is -2.39. The fourth-order valence-electron chi connectivity index (χ4n) is 3.38. The van der Waals surface area contributed by atoms with Crippen molar-refractivity contribution in [2.45, 2.75) is 23.0 Å². The summed E-state index contributed by atoms with van der Waals surface area (Å²) in [6, 6.07) is 15.1. The molecule has 0 atom stereocenters. The van der Waals surface area contributed by atoms with Crippen LogP contribution in [0.3, 0.4) is 0 Å². The number of hydrogen-bond donors (Lipinski definition) is 0. The van der Waals surface area contributed by atoms with E-state index < -0.39 is 9.84 Å². The van der Waals surface area contributed by atoms with Crippen molar-refractivity contribution in [1.29, 1.82) is 0 Å². The molecule has 3 aromatic rings. The van der Waals surface area contributed by atoms with E-state index in [9.17, 15) is 8.42 Å². The van der Waals surface area contributed by atoms with Crippen LogP contribution in [0.2, 0.25) is 0 Å². The monoisotopic (exact) mass is 540 g/mol. The molecule has 0 spiro atoms. The van der Waals surface area contributed by atoms with Crippen LogP contribution in [0, 0.1) is 0 Å². The summed E-state index contributed by atoms with van der Waals surface area (Å²) in [5, 5.41) is 2.66. The van der Waals surface area contributed by atoms with Crippen LogP contribution in [0.1, 0.15) is 12.8 Å². The summed E-state index contributed by atoms with van der Waals surface area (Å²) < 4.78 is 27.7. The van der Waals surface area contributed by atoms with Crippen LogP contribution >= 0.6 is 43.2 Å². The zero-order valence-corrected chi connectivity index (χ0v) is 19.7. The van der Waals surface area contributed by atoms with Gasteiger partial charge in [-0.1, -0.05) is 50.1 Å². The third-order valence-electron chi connectivity index (χ3n) is 4.89. The summed E-state index contributed by atoms with van der Waals surface area (Å²) in [6.07, 6.45) is 1.22. The Morgan fingerprint density at radius 1 is 1.00 bits per heavy atom. The maximum absolute atomic E-state index is 12.9. The molecule has 146 valence electrons. The van der Waals surface area contributed by atoms with Crippen molar-refractivity contribution in [3.63, 3.8) is 0 Å². The molecular formula is C20H18Br2N2O2S2. The van der Waals surface area contributed by atoms with Gasteiger partial charge in [-0.25, -0.2) is 13.4 Å². The number of thiazole rings is 1. The molecule has 2 aromatic carbocycles. The normalized spacial score (nSPS) is 15.7. The van der Waals surface area contributed by atoms with Gasteiger partial charge < -0.3 is 4.90 Å². The first kappa shape index (κ1) is 20.1. The molecule has 0 unspecified atom stereocenters. The van der Waals surface area contributed by atoms with E-state index >= 15 is 0 Å². The molecular weight excluding hydrogens is 524 g/mol. The lowest BCUT2D eigenvalue weighted by molar-refractivity contribution is 0.529. The second-order valence-corrected chi connectivity index (χ2v) is 11.6. The predicted molar refractivity (Wildman–Crippen MR) is 122 cm³/mol. The van der Waals surface area contributed by atoms with Gasteiger partial charge in [0.1, 0.15) is 0 Å². The first-order chi connectivity index (χ1) is 13.4. The predicted octanol–water partition coefficient (Wildman–Crippen LogP) is 5.78. The third kappa shape index (κ3) is 4.20. The zero-order chi connectivity index (χ0) is 19.7. The Labute approximate surface area is 185 Å². The van der Waals surface area contributed by atoms with Crippen LogP contribution < -0.4 is 4.90 Å².